The van der Waals surface area contributed by atoms with Gasteiger partial charge in [-0.1, -0.05) is 6.07 Å². The standard InChI is InChI=1S/C22H28N2O2S/c1-16-11-20-18(13-22(25)26-21(20)12-17(16)2)14-24(9-6-8-23(3)4)15-19-7-5-10-27-19/h5,7,10-13H,6,8-9,14-15H2,1-4H3/p+2. The van der Waals surface area contributed by atoms with Crippen molar-refractivity contribution in [3.63, 3.8) is 0 Å². The van der Waals surface area contributed by atoms with Crippen molar-refractivity contribution in [3.8, 4) is 0 Å². The SMILES string of the molecule is Cc1cc2oc(=O)cc(C[NH+](CCC[NH+](C)C)Cc3cccs3)c2cc1C. The van der Waals surface area contributed by atoms with Crippen molar-refractivity contribution in [2.45, 2.75) is 33.4 Å². The number of hydrogen-bond acceptors (Lipinski definition) is 3. The van der Waals surface area contributed by atoms with Gasteiger partial charge in [0.05, 0.1) is 32.1 Å². The molecule has 27 heavy (non-hydrogen) atoms. The van der Waals surface area contributed by atoms with Crippen LogP contribution in [0.1, 0.15) is 28.0 Å². The molecule has 2 N–H and O–H groups in total. The number of benzene rings is 1. The van der Waals surface area contributed by atoms with Gasteiger partial charge in [0.2, 0.25) is 0 Å². The van der Waals surface area contributed by atoms with Crippen LogP contribution in [-0.4, -0.2) is 27.2 Å². The van der Waals surface area contributed by atoms with Crippen molar-refractivity contribution in [2.24, 2.45) is 0 Å². The number of rotatable bonds is 8. The van der Waals surface area contributed by atoms with Crippen molar-refractivity contribution < 1.29 is 14.2 Å². The predicted octanol–water partition coefficient (Wildman–Crippen LogP) is 1.59. The van der Waals surface area contributed by atoms with Gasteiger partial charge in [0.1, 0.15) is 18.7 Å². The first-order valence-electron chi connectivity index (χ1n) is 9.61. The van der Waals surface area contributed by atoms with E-state index in [1.165, 1.54) is 26.7 Å². The molecular weight excluding hydrogens is 356 g/mol. The molecule has 2 aromatic heterocycles. The third kappa shape index (κ3) is 5.28. The van der Waals surface area contributed by atoms with E-state index in [0.717, 1.165) is 42.7 Å². The van der Waals surface area contributed by atoms with Crippen molar-refractivity contribution in [3.05, 3.63) is 67.7 Å². The van der Waals surface area contributed by atoms with E-state index in [0.29, 0.717) is 5.58 Å². The lowest BCUT2D eigenvalue weighted by atomic mass is 10.0. The topological polar surface area (TPSA) is 39.1 Å². The fourth-order valence-corrected chi connectivity index (χ4v) is 4.27. The smallest absolute Gasteiger partial charge is 0.336 e. The maximum Gasteiger partial charge on any atom is 0.336 e. The van der Waals surface area contributed by atoms with Gasteiger partial charge in [-0.25, -0.2) is 4.79 Å². The van der Waals surface area contributed by atoms with Crippen LogP contribution in [0.3, 0.4) is 0 Å². The van der Waals surface area contributed by atoms with Crippen LogP contribution in [0.15, 0.2) is 44.9 Å². The van der Waals surface area contributed by atoms with E-state index in [1.54, 1.807) is 17.4 Å². The monoisotopic (exact) mass is 386 g/mol. The quantitative estimate of drug-likeness (QED) is 0.577. The molecule has 4 nitrogen and oxygen atoms in total. The van der Waals surface area contributed by atoms with E-state index in [1.807, 2.05) is 6.07 Å². The van der Waals surface area contributed by atoms with E-state index < -0.39 is 0 Å². The third-order valence-corrected chi connectivity index (χ3v) is 5.97. The molecule has 0 saturated carbocycles. The molecule has 0 saturated heterocycles. The average Bonchev–Trinajstić information content (AvgIpc) is 3.09. The largest absolute Gasteiger partial charge is 0.423 e. The Kier molecular flexibility index (Phi) is 6.47. The van der Waals surface area contributed by atoms with E-state index in [2.05, 4.69) is 51.5 Å². The van der Waals surface area contributed by atoms with Gasteiger partial charge in [-0.2, -0.15) is 0 Å². The lowest BCUT2D eigenvalue weighted by Crippen LogP contribution is -3.11. The zero-order chi connectivity index (χ0) is 19.4. The molecule has 0 aliphatic carbocycles. The highest BCUT2D eigenvalue weighted by Gasteiger charge is 2.16. The number of nitrogens with one attached hydrogen (secondary N) is 2. The van der Waals surface area contributed by atoms with E-state index in [9.17, 15) is 4.79 Å². The lowest BCUT2D eigenvalue weighted by Gasteiger charge is -2.20. The minimum absolute atomic E-state index is 0.256. The number of quaternary nitrogens is 2. The summed E-state index contributed by atoms with van der Waals surface area (Å²) >= 11 is 1.81. The molecule has 0 amide bonds. The summed E-state index contributed by atoms with van der Waals surface area (Å²) in [5.41, 5.74) is 3.92. The average molecular weight is 387 g/mol. The Morgan fingerprint density at radius 2 is 1.81 bits per heavy atom. The number of fused-ring (bicyclic) bond motifs is 1. The second-order valence-corrected chi connectivity index (χ2v) is 8.80. The summed E-state index contributed by atoms with van der Waals surface area (Å²) in [7, 11) is 4.39. The molecule has 2 heterocycles. The fraction of sp³-hybridized carbons (Fsp3) is 0.409. The molecular formula is C22H30N2O2S+2. The van der Waals surface area contributed by atoms with Gasteiger partial charge < -0.3 is 14.2 Å². The van der Waals surface area contributed by atoms with Gasteiger partial charge in [0.25, 0.3) is 0 Å². The van der Waals surface area contributed by atoms with Gasteiger partial charge >= 0.3 is 5.63 Å². The van der Waals surface area contributed by atoms with Crippen molar-refractivity contribution in [2.75, 3.05) is 27.2 Å². The first kappa shape index (κ1) is 19.8. The molecule has 0 radical (unpaired) electrons. The lowest BCUT2D eigenvalue weighted by molar-refractivity contribution is -0.932. The Morgan fingerprint density at radius 3 is 2.52 bits per heavy atom. The van der Waals surface area contributed by atoms with Gasteiger partial charge in [-0.15, -0.1) is 11.3 Å². The Morgan fingerprint density at radius 1 is 1.04 bits per heavy atom. The van der Waals surface area contributed by atoms with Crippen LogP contribution >= 0.6 is 11.3 Å². The van der Waals surface area contributed by atoms with Crippen molar-refractivity contribution in [1.29, 1.82) is 0 Å². The molecule has 3 rings (SSSR count). The summed E-state index contributed by atoms with van der Waals surface area (Å²) in [6.45, 7) is 8.25. The molecule has 0 fully saturated rings. The maximum absolute atomic E-state index is 12.1. The molecule has 0 bridgehead atoms. The van der Waals surface area contributed by atoms with Gasteiger partial charge in [-0.05, 0) is 48.6 Å². The summed E-state index contributed by atoms with van der Waals surface area (Å²) in [5, 5.41) is 3.20. The molecule has 5 heteroatoms. The number of thiophene rings is 1. The van der Waals surface area contributed by atoms with Crippen molar-refractivity contribution >= 4 is 22.3 Å². The Labute approximate surface area is 165 Å². The molecule has 1 unspecified atom stereocenters. The summed E-state index contributed by atoms with van der Waals surface area (Å²) in [6.07, 6.45) is 1.17. The molecule has 144 valence electrons. The highest BCUT2D eigenvalue weighted by atomic mass is 32.1. The number of hydrogen-bond donors (Lipinski definition) is 2. The van der Waals surface area contributed by atoms with Crippen LogP contribution in [0.2, 0.25) is 0 Å². The minimum atomic E-state index is -0.256. The van der Waals surface area contributed by atoms with Crippen LogP contribution < -0.4 is 15.4 Å². The first-order valence-corrected chi connectivity index (χ1v) is 10.5. The highest BCUT2D eigenvalue weighted by Crippen LogP contribution is 2.21. The van der Waals surface area contributed by atoms with Crippen LogP contribution in [0.4, 0.5) is 0 Å². The molecule has 3 aromatic rings. The van der Waals surface area contributed by atoms with Gasteiger partial charge in [-0.3, -0.25) is 0 Å². The van der Waals surface area contributed by atoms with E-state index in [-0.39, 0.29) is 5.63 Å². The van der Waals surface area contributed by atoms with E-state index >= 15 is 0 Å². The Bertz CT molecular complexity index is 945. The normalized spacial score (nSPS) is 12.8. The molecule has 0 aliphatic rings. The molecule has 0 aliphatic heterocycles. The van der Waals surface area contributed by atoms with Crippen LogP contribution in [0.5, 0.6) is 0 Å². The minimum Gasteiger partial charge on any atom is -0.423 e. The molecule has 1 atom stereocenters. The van der Waals surface area contributed by atoms with Gasteiger partial charge in [0, 0.05) is 23.4 Å². The summed E-state index contributed by atoms with van der Waals surface area (Å²) in [5.74, 6) is 0. The van der Waals surface area contributed by atoms with Crippen LogP contribution in [0, 0.1) is 13.8 Å². The van der Waals surface area contributed by atoms with Crippen molar-refractivity contribution in [1.82, 2.24) is 0 Å². The predicted molar refractivity (Wildman–Crippen MR) is 112 cm³/mol. The Hall–Kier alpha value is -1.95. The van der Waals surface area contributed by atoms with Crippen LogP contribution in [-0.2, 0) is 13.1 Å². The fourth-order valence-electron chi connectivity index (χ4n) is 3.49. The molecule has 0 spiro atoms. The first-order chi connectivity index (χ1) is 12.9. The van der Waals surface area contributed by atoms with Crippen LogP contribution in [0.25, 0.3) is 11.0 Å². The second kappa shape index (κ2) is 8.83. The van der Waals surface area contributed by atoms with E-state index in [4.69, 9.17) is 4.42 Å². The van der Waals surface area contributed by atoms with Gasteiger partial charge in [0.15, 0.2) is 0 Å². The zero-order valence-electron chi connectivity index (χ0n) is 16.7. The third-order valence-electron chi connectivity index (χ3n) is 5.10. The summed E-state index contributed by atoms with van der Waals surface area (Å²) < 4.78 is 5.47. The summed E-state index contributed by atoms with van der Waals surface area (Å²) in [6, 6.07) is 10.1. The zero-order valence-corrected chi connectivity index (χ0v) is 17.5. The number of aryl methyl sites for hydroxylation is 2. The second-order valence-electron chi connectivity index (χ2n) is 7.77. The highest BCUT2D eigenvalue weighted by molar-refractivity contribution is 7.09. The maximum atomic E-state index is 12.1. The molecule has 1 aromatic carbocycles. The summed E-state index contributed by atoms with van der Waals surface area (Å²) in [4.78, 5) is 16.5. The Balaban J connectivity index is 1.89.